The van der Waals surface area contributed by atoms with Crippen LogP contribution in [0.4, 0.5) is 5.95 Å². The number of rotatable bonds is 3. The van der Waals surface area contributed by atoms with Crippen LogP contribution in [0.2, 0.25) is 0 Å². The number of benzene rings is 1. The van der Waals surface area contributed by atoms with E-state index >= 15 is 0 Å². The molecule has 1 aliphatic carbocycles. The highest BCUT2D eigenvalue weighted by molar-refractivity contribution is 5.64. The predicted octanol–water partition coefficient (Wildman–Crippen LogP) is 3.66. The van der Waals surface area contributed by atoms with Crippen LogP contribution >= 0.6 is 0 Å². The lowest BCUT2D eigenvalue weighted by atomic mass is 9.96. The highest BCUT2D eigenvalue weighted by Crippen LogP contribution is 2.34. The van der Waals surface area contributed by atoms with Gasteiger partial charge in [-0.15, -0.1) is 0 Å². The molecule has 0 bridgehead atoms. The summed E-state index contributed by atoms with van der Waals surface area (Å²) >= 11 is 0. The van der Waals surface area contributed by atoms with Crippen LogP contribution in [0.3, 0.4) is 0 Å². The molecular weight excluding hydrogens is 290 g/mol. The molecule has 2 aliphatic rings. The van der Waals surface area contributed by atoms with Crippen molar-refractivity contribution >= 4 is 5.95 Å². The van der Waals surface area contributed by atoms with Crippen molar-refractivity contribution in [1.29, 1.82) is 0 Å². The molecule has 0 saturated heterocycles. The van der Waals surface area contributed by atoms with E-state index in [4.69, 9.17) is 9.47 Å². The van der Waals surface area contributed by atoms with Gasteiger partial charge in [0, 0.05) is 17.8 Å². The van der Waals surface area contributed by atoms with Crippen LogP contribution in [0.15, 0.2) is 30.5 Å². The van der Waals surface area contributed by atoms with Gasteiger partial charge in [-0.25, -0.2) is 9.97 Å². The fourth-order valence-electron chi connectivity index (χ4n) is 3.22. The van der Waals surface area contributed by atoms with Crippen molar-refractivity contribution in [2.24, 2.45) is 0 Å². The maximum atomic E-state index is 5.65. The molecule has 1 aliphatic heterocycles. The Kier molecular flexibility index (Phi) is 4.01. The smallest absolute Gasteiger partial charge is 0.223 e. The third-order valence-corrected chi connectivity index (χ3v) is 4.43. The Morgan fingerprint density at radius 2 is 1.78 bits per heavy atom. The van der Waals surface area contributed by atoms with Gasteiger partial charge in [0.2, 0.25) is 5.95 Å². The largest absolute Gasteiger partial charge is 0.486 e. The zero-order chi connectivity index (χ0) is 15.5. The summed E-state index contributed by atoms with van der Waals surface area (Å²) in [7, 11) is 0. The standard InChI is InChI=1S/C18H21N3O2/c1-2-4-14(5-3-1)20-18-19-9-8-15(21-18)13-6-7-16-17(12-13)23-11-10-22-16/h6-9,12,14H,1-5,10-11H2,(H,19,20,21). The lowest BCUT2D eigenvalue weighted by Gasteiger charge is -2.22. The average Bonchev–Trinajstić information content (AvgIpc) is 2.62. The second kappa shape index (κ2) is 6.44. The molecular formula is C18H21N3O2. The highest BCUT2D eigenvalue weighted by Gasteiger charge is 2.16. The maximum absolute atomic E-state index is 5.65. The Balaban J connectivity index is 1.55. The monoisotopic (exact) mass is 311 g/mol. The van der Waals surface area contributed by atoms with Crippen LogP contribution in [0, 0.1) is 0 Å². The second-order valence-electron chi connectivity index (χ2n) is 6.10. The van der Waals surface area contributed by atoms with Crippen molar-refractivity contribution < 1.29 is 9.47 Å². The molecule has 0 atom stereocenters. The van der Waals surface area contributed by atoms with Gasteiger partial charge in [-0.1, -0.05) is 19.3 Å². The Morgan fingerprint density at radius 3 is 2.65 bits per heavy atom. The molecule has 1 N–H and O–H groups in total. The molecule has 0 unspecified atom stereocenters. The number of ether oxygens (including phenoxy) is 2. The van der Waals surface area contributed by atoms with Gasteiger partial charge < -0.3 is 14.8 Å². The fourth-order valence-corrected chi connectivity index (χ4v) is 3.22. The van der Waals surface area contributed by atoms with E-state index < -0.39 is 0 Å². The molecule has 5 nitrogen and oxygen atoms in total. The number of nitrogens with zero attached hydrogens (tertiary/aromatic N) is 2. The summed E-state index contributed by atoms with van der Waals surface area (Å²) in [4.78, 5) is 9.04. The number of anilines is 1. The van der Waals surface area contributed by atoms with Crippen molar-refractivity contribution in [2.75, 3.05) is 18.5 Å². The first-order chi connectivity index (χ1) is 11.4. The van der Waals surface area contributed by atoms with Gasteiger partial charge in [0.25, 0.3) is 0 Å². The van der Waals surface area contributed by atoms with Crippen molar-refractivity contribution in [3.05, 3.63) is 30.5 Å². The lowest BCUT2D eigenvalue weighted by Crippen LogP contribution is -2.23. The van der Waals surface area contributed by atoms with Gasteiger partial charge >= 0.3 is 0 Å². The average molecular weight is 311 g/mol. The fraction of sp³-hybridized carbons (Fsp3) is 0.444. The highest BCUT2D eigenvalue weighted by atomic mass is 16.6. The lowest BCUT2D eigenvalue weighted by molar-refractivity contribution is 0.171. The van der Waals surface area contributed by atoms with Gasteiger partial charge in [-0.2, -0.15) is 0 Å². The van der Waals surface area contributed by atoms with Crippen molar-refractivity contribution in [2.45, 2.75) is 38.1 Å². The molecule has 1 aromatic carbocycles. The van der Waals surface area contributed by atoms with E-state index in [1.807, 2.05) is 30.5 Å². The molecule has 1 fully saturated rings. The zero-order valence-electron chi connectivity index (χ0n) is 13.1. The summed E-state index contributed by atoms with van der Waals surface area (Å²) in [5.41, 5.74) is 1.92. The molecule has 5 heteroatoms. The van der Waals surface area contributed by atoms with E-state index in [-0.39, 0.29) is 0 Å². The zero-order valence-corrected chi connectivity index (χ0v) is 13.1. The van der Waals surface area contributed by atoms with E-state index in [9.17, 15) is 0 Å². The van der Waals surface area contributed by atoms with Crippen LogP contribution < -0.4 is 14.8 Å². The number of hydrogen-bond donors (Lipinski definition) is 1. The first kappa shape index (κ1) is 14.3. The molecule has 2 aromatic rings. The topological polar surface area (TPSA) is 56.3 Å². The molecule has 1 saturated carbocycles. The Labute approximate surface area is 136 Å². The summed E-state index contributed by atoms with van der Waals surface area (Å²) in [6.07, 6.45) is 8.15. The summed E-state index contributed by atoms with van der Waals surface area (Å²) < 4.78 is 11.2. The molecule has 120 valence electrons. The predicted molar refractivity (Wildman–Crippen MR) is 89.0 cm³/mol. The van der Waals surface area contributed by atoms with Crippen LogP contribution in [0.25, 0.3) is 11.3 Å². The van der Waals surface area contributed by atoms with E-state index in [1.54, 1.807) is 0 Å². The molecule has 0 radical (unpaired) electrons. The first-order valence-electron chi connectivity index (χ1n) is 8.38. The van der Waals surface area contributed by atoms with Crippen LogP contribution in [0.5, 0.6) is 11.5 Å². The maximum Gasteiger partial charge on any atom is 0.223 e. The second-order valence-corrected chi connectivity index (χ2v) is 6.10. The number of nitrogens with one attached hydrogen (secondary N) is 1. The van der Waals surface area contributed by atoms with Crippen LogP contribution in [-0.4, -0.2) is 29.2 Å². The summed E-state index contributed by atoms with van der Waals surface area (Å²) in [5.74, 6) is 2.30. The molecule has 0 spiro atoms. The van der Waals surface area contributed by atoms with E-state index in [2.05, 4.69) is 15.3 Å². The van der Waals surface area contributed by atoms with Crippen molar-refractivity contribution in [3.8, 4) is 22.8 Å². The quantitative estimate of drug-likeness (QED) is 0.937. The molecule has 2 heterocycles. The van der Waals surface area contributed by atoms with Gasteiger partial charge in [0.15, 0.2) is 11.5 Å². The molecule has 4 rings (SSSR count). The minimum atomic E-state index is 0.499. The SMILES string of the molecule is c1cc(-c2ccc3c(c2)OCCO3)nc(NC2CCCCC2)n1. The summed E-state index contributed by atoms with van der Waals surface area (Å²) in [5, 5.41) is 3.48. The third-order valence-electron chi connectivity index (χ3n) is 4.43. The normalized spacial score (nSPS) is 17.7. The Hall–Kier alpha value is -2.30. The number of hydrogen-bond acceptors (Lipinski definition) is 5. The minimum Gasteiger partial charge on any atom is -0.486 e. The van der Waals surface area contributed by atoms with Crippen LogP contribution in [0.1, 0.15) is 32.1 Å². The van der Waals surface area contributed by atoms with E-state index in [0.717, 1.165) is 22.8 Å². The number of aromatic nitrogens is 2. The summed E-state index contributed by atoms with van der Waals surface area (Å²) in [6, 6.07) is 8.37. The third kappa shape index (κ3) is 3.23. The van der Waals surface area contributed by atoms with E-state index in [0.29, 0.717) is 25.2 Å². The van der Waals surface area contributed by atoms with Gasteiger partial charge in [-0.05, 0) is 37.1 Å². The van der Waals surface area contributed by atoms with E-state index in [1.165, 1.54) is 32.1 Å². The molecule has 0 amide bonds. The Bertz CT molecular complexity index is 684. The van der Waals surface area contributed by atoms with Crippen molar-refractivity contribution in [1.82, 2.24) is 9.97 Å². The van der Waals surface area contributed by atoms with Gasteiger partial charge in [-0.3, -0.25) is 0 Å². The minimum absolute atomic E-state index is 0.499. The molecule has 1 aromatic heterocycles. The van der Waals surface area contributed by atoms with Gasteiger partial charge in [0.1, 0.15) is 13.2 Å². The summed E-state index contributed by atoms with van der Waals surface area (Å²) in [6.45, 7) is 1.20. The molecule has 23 heavy (non-hydrogen) atoms. The first-order valence-corrected chi connectivity index (χ1v) is 8.38. The Morgan fingerprint density at radius 1 is 0.957 bits per heavy atom. The number of fused-ring (bicyclic) bond motifs is 1. The van der Waals surface area contributed by atoms with Gasteiger partial charge in [0.05, 0.1) is 5.69 Å². The van der Waals surface area contributed by atoms with Crippen molar-refractivity contribution in [3.63, 3.8) is 0 Å². The van der Waals surface area contributed by atoms with Crippen LogP contribution in [-0.2, 0) is 0 Å².